The van der Waals surface area contributed by atoms with E-state index in [2.05, 4.69) is 25.3 Å². The lowest BCUT2D eigenvalue weighted by molar-refractivity contribution is -0.135. The average Bonchev–Trinajstić information content (AvgIpc) is 3.40. The molecular weight excluding hydrogens is 520 g/mol. The van der Waals surface area contributed by atoms with E-state index in [4.69, 9.17) is 21.1 Å². The summed E-state index contributed by atoms with van der Waals surface area (Å²) in [6.07, 6.45) is 1.61. The van der Waals surface area contributed by atoms with E-state index in [1.54, 1.807) is 47.6 Å². The molecule has 0 saturated heterocycles. The molecule has 0 N–H and O–H groups in total. The van der Waals surface area contributed by atoms with Crippen LogP contribution in [0.4, 0.5) is 0 Å². The van der Waals surface area contributed by atoms with Gasteiger partial charge in [-0.1, -0.05) is 25.4 Å². The number of halogens is 1. The van der Waals surface area contributed by atoms with Crippen LogP contribution in [-0.2, 0) is 11.2 Å². The molecule has 0 aliphatic carbocycles. The van der Waals surface area contributed by atoms with E-state index in [1.807, 2.05) is 30.0 Å². The van der Waals surface area contributed by atoms with Crippen molar-refractivity contribution in [1.82, 2.24) is 9.80 Å². The minimum atomic E-state index is -0.225. The molecule has 1 aromatic heterocycles. The monoisotopic (exact) mass is 554 g/mol. The van der Waals surface area contributed by atoms with Crippen LogP contribution in [0.25, 0.3) is 0 Å². The van der Waals surface area contributed by atoms with Gasteiger partial charge in [-0.2, -0.15) is 0 Å². The molecule has 6 nitrogen and oxygen atoms in total. The number of amides is 2. The standard InChI is InChI=1S/C30H35ClN2O4S/c1-20(2)11-14-32(30(35)22-5-7-23(36-4)8-6-22)18-29(34)33-15-12-28-25(13-16-38-28)27(33)19-37-24-9-10-26(31)21(3)17-24/h5-10,13,16-17,20,27H,11-12,14-15,18-19H2,1-4H3/t27-/m1/s1. The first-order valence-corrected chi connectivity index (χ1v) is 14.2. The zero-order valence-electron chi connectivity index (χ0n) is 22.4. The molecule has 0 unspecified atom stereocenters. The molecule has 38 heavy (non-hydrogen) atoms. The molecular formula is C30H35ClN2O4S. The van der Waals surface area contributed by atoms with Gasteiger partial charge in [-0.15, -0.1) is 11.3 Å². The summed E-state index contributed by atoms with van der Waals surface area (Å²) in [5.41, 5.74) is 2.60. The Labute approximate surface area is 234 Å². The van der Waals surface area contributed by atoms with Gasteiger partial charge in [0.05, 0.1) is 13.2 Å². The molecule has 4 rings (SSSR count). The maximum absolute atomic E-state index is 13.8. The average molecular weight is 555 g/mol. The van der Waals surface area contributed by atoms with E-state index in [-0.39, 0.29) is 24.4 Å². The summed E-state index contributed by atoms with van der Waals surface area (Å²) in [4.78, 5) is 32.1. The minimum absolute atomic E-state index is 0.0214. The summed E-state index contributed by atoms with van der Waals surface area (Å²) < 4.78 is 11.4. The third-order valence-corrected chi connectivity index (χ3v) is 8.30. The fourth-order valence-electron chi connectivity index (χ4n) is 4.59. The highest BCUT2D eigenvalue weighted by Crippen LogP contribution is 2.34. The van der Waals surface area contributed by atoms with Gasteiger partial charge in [-0.25, -0.2) is 0 Å². The number of rotatable bonds is 10. The molecule has 2 amide bonds. The highest BCUT2D eigenvalue weighted by atomic mass is 35.5. The minimum Gasteiger partial charge on any atom is -0.497 e. The largest absolute Gasteiger partial charge is 0.497 e. The Morgan fingerprint density at radius 1 is 1.13 bits per heavy atom. The molecule has 1 aliphatic heterocycles. The fraction of sp³-hybridized carbons (Fsp3) is 0.400. The van der Waals surface area contributed by atoms with Gasteiger partial charge in [0.15, 0.2) is 0 Å². The van der Waals surface area contributed by atoms with Crippen LogP contribution in [0.3, 0.4) is 0 Å². The highest BCUT2D eigenvalue weighted by molar-refractivity contribution is 7.10. The zero-order valence-corrected chi connectivity index (χ0v) is 24.0. The summed E-state index contributed by atoms with van der Waals surface area (Å²) in [5, 5.41) is 2.76. The molecule has 0 spiro atoms. The van der Waals surface area contributed by atoms with Crippen molar-refractivity contribution in [3.05, 3.63) is 80.5 Å². The molecule has 0 saturated carbocycles. The Balaban J connectivity index is 1.53. The van der Waals surface area contributed by atoms with Crippen molar-refractivity contribution in [1.29, 1.82) is 0 Å². The van der Waals surface area contributed by atoms with Crippen molar-refractivity contribution in [2.75, 3.05) is 33.4 Å². The third kappa shape index (κ3) is 6.69. The van der Waals surface area contributed by atoms with Crippen LogP contribution >= 0.6 is 22.9 Å². The van der Waals surface area contributed by atoms with Crippen LogP contribution in [0.5, 0.6) is 11.5 Å². The highest BCUT2D eigenvalue weighted by Gasteiger charge is 2.33. The molecule has 1 aliphatic rings. The Hall–Kier alpha value is -3.03. The number of hydrogen-bond donors (Lipinski definition) is 0. The molecule has 3 aromatic rings. The van der Waals surface area contributed by atoms with Gasteiger partial charge in [-0.3, -0.25) is 9.59 Å². The number of carbonyl (C=O) groups is 2. The number of nitrogens with zero attached hydrogens (tertiary/aromatic N) is 2. The molecule has 202 valence electrons. The van der Waals surface area contributed by atoms with Crippen molar-refractivity contribution in [3.63, 3.8) is 0 Å². The van der Waals surface area contributed by atoms with Crippen molar-refractivity contribution in [3.8, 4) is 11.5 Å². The lowest BCUT2D eigenvalue weighted by Gasteiger charge is -2.37. The van der Waals surface area contributed by atoms with E-state index in [1.165, 1.54) is 4.88 Å². The Kier molecular flexibility index (Phi) is 9.34. The molecule has 0 bridgehead atoms. The lowest BCUT2D eigenvalue weighted by Crippen LogP contribution is -2.48. The smallest absolute Gasteiger partial charge is 0.254 e. The van der Waals surface area contributed by atoms with E-state index in [0.717, 1.165) is 29.7 Å². The van der Waals surface area contributed by atoms with Gasteiger partial charge in [-0.05, 0) is 90.7 Å². The summed E-state index contributed by atoms with van der Waals surface area (Å²) in [5.74, 6) is 1.58. The summed E-state index contributed by atoms with van der Waals surface area (Å²) in [6.45, 7) is 7.63. The molecule has 8 heteroatoms. The third-order valence-electron chi connectivity index (χ3n) is 6.88. The van der Waals surface area contributed by atoms with E-state index >= 15 is 0 Å². The Bertz CT molecular complexity index is 1260. The van der Waals surface area contributed by atoms with Crippen molar-refractivity contribution < 1.29 is 19.1 Å². The predicted octanol–water partition coefficient (Wildman–Crippen LogP) is 6.41. The van der Waals surface area contributed by atoms with E-state index in [9.17, 15) is 9.59 Å². The number of benzene rings is 2. The summed E-state index contributed by atoms with van der Waals surface area (Å²) >= 11 is 7.89. The van der Waals surface area contributed by atoms with E-state index < -0.39 is 0 Å². The van der Waals surface area contributed by atoms with Crippen LogP contribution in [0.15, 0.2) is 53.9 Å². The number of ether oxygens (including phenoxy) is 2. The zero-order chi connectivity index (χ0) is 27.2. The Morgan fingerprint density at radius 2 is 1.87 bits per heavy atom. The maximum Gasteiger partial charge on any atom is 0.254 e. The SMILES string of the molecule is COc1ccc(C(=O)N(CCC(C)C)CC(=O)N2CCc3sccc3[C@H]2COc2ccc(Cl)c(C)c2)cc1. The van der Waals surface area contributed by atoms with E-state index in [0.29, 0.717) is 41.9 Å². The number of fused-ring (bicyclic) bond motifs is 1. The molecule has 2 heterocycles. The van der Waals surface area contributed by atoms with Crippen molar-refractivity contribution in [2.24, 2.45) is 5.92 Å². The first-order chi connectivity index (χ1) is 18.3. The maximum atomic E-state index is 13.8. The van der Waals surface area contributed by atoms with Crippen LogP contribution in [0.2, 0.25) is 5.02 Å². The topological polar surface area (TPSA) is 59.1 Å². The normalized spacial score (nSPS) is 14.8. The second-order valence-corrected chi connectivity index (χ2v) is 11.4. The van der Waals surface area contributed by atoms with Gasteiger partial charge in [0.25, 0.3) is 5.91 Å². The van der Waals surface area contributed by atoms with Crippen molar-refractivity contribution in [2.45, 2.75) is 39.7 Å². The van der Waals surface area contributed by atoms with Gasteiger partial charge in [0.1, 0.15) is 24.7 Å². The molecule has 0 fully saturated rings. The second-order valence-electron chi connectivity index (χ2n) is 10.0. The Morgan fingerprint density at radius 3 is 2.55 bits per heavy atom. The number of carbonyl (C=O) groups excluding carboxylic acids is 2. The van der Waals surface area contributed by atoms with Gasteiger partial charge in [0.2, 0.25) is 5.91 Å². The quantitative estimate of drug-likeness (QED) is 0.290. The number of aryl methyl sites for hydroxylation is 1. The van der Waals surface area contributed by atoms with Gasteiger partial charge < -0.3 is 19.3 Å². The number of thiophene rings is 1. The lowest BCUT2D eigenvalue weighted by atomic mass is 10.00. The van der Waals surface area contributed by atoms with Crippen molar-refractivity contribution >= 4 is 34.8 Å². The summed E-state index contributed by atoms with van der Waals surface area (Å²) in [7, 11) is 1.59. The first-order valence-electron chi connectivity index (χ1n) is 12.9. The summed E-state index contributed by atoms with van der Waals surface area (Å²) in [6, 6.07) is 14.5. The van der Waals surface area contributed by atoms with Crippen LogP contribution < -0.4 is 9.47 Å². The van der Waals surface area contributed by atoms with Crippen LogP contribution in [0.1, 0.15) is 52.7 Å². The van der Waals surface area contributed by atoms with Gasteiger partial charge >= 0.3 is 0 Å². The fourth-order valence-corrected chi connectivity index (χ4v) is 5.64. The molecule has 2 aromatic carbocycles. The predicted molar refractivity (Wildman–Crippen MR) is 153 cm³/mol. The van der Waals surface area contributed by atoms with Gasteiger partial charge in [0, 0.05) is 28.6 Å². The molecule has 0 radical (unpaired) electrons. The first kappa shape index (κ1) is 28.0. The molecule has 1 atom stereocenters. The van der Waals surface area contributed by atoms with Crippen LogP contribution in [-0.4, -0.2) is 55.0 Å². The second kappa shape index (κ2) is 12.7. The number of methoxy groups -OCH3 is 1. The van der Waals surface area contributed by atoms with Crippen LogP contribution in [0, 0.1) is 12.8 Å². The number of hydrogen-bond acceptors (Lipinski definition) is 5.